The van der Waals surface area contributed by atoms with Crippen LogP contribution in [0.15, 0.2) is 24.7 Å². The van der Waals surface area contributed by atoms with Crippen LogP contribution in [-0.2, 0) is 4.79 Å². The van der Waals surface area contributed by atoms with Gasteiger partial charge in [0, 0.05) is 49.5 Å². The average Bonchev–Trinajstić information content (AvgIpc) is 2.82. The lowest BCUT2D eigenvalue weighted by molar-refractivity contribution is -0.129. The Balaban J connectivity index is 1.82. The maximum absolute atomic E-state index is 11.3. The monoisotopic (exact) mass is 243 g/mol. The van der Waals surface area contributed by atoms with Gasteiger partial charge in [-0.05, 0) is 30.4 Å². The topological polar surface area (TPSA) is 49.0 Å². The average molecular weight is 243 g/mol. The van der Waals surface area contributed by atoms with Crippen molar-refractivity contribution in [3.8, 4) is 0 Å². The Hall–Kier alpha value is -1.84. The maximum Gasteiger partial charge on any atom is 0.219 e. The van der Waals surface area contributed by atoms with Crippen molar-refractivity contribution in [1.82, 2.24) is 14.9 Å². The van der Waals surface area contributed by atoms with Gasteiger partial charge in [-0.15, -0.1) is 0 Å². The van der Waals surface area contributed by atoms with Crippen molar-refractivity contribution in [2.45, 2.75) is 25.7 Å². The summed E-state index contributed by atoms with van der Waals surface area (Å²) < 4.78 is 0. The zero-order valence-electron chi connectivity index (χ0n) is 10.5. The number of aromatic amines is 1. The summed E-state index contributed by atoms with van der Waals surface area (Å²) in [5.41, 5.74) is 2.50. The standard InChI is InChI=1S/C14H17N3O/c1-10(18)17-6-3-11(4-7-17)12-9-16-14-2-5-15-8-13(12)14/h2,5,8-9,11,16H,3-4,6-7H2,1H3. The molecule has 1 N–H and O–H groups in total. The van der Waals surface area contributed by atoms with Gasteiger partial charge in [-0.1, -0.05) is 0 Å². The zero-order chi connectivity index (χ0) is 12.5. The number of aromatic nitrogens is 2. The molecule has 0 spiro atoms. The van der Waals surface area contributed by atoms with Crippen molar-refractivity contribution in [2.75, 3.05) is 13.1 Å². The third-order valence-electron chi connectivity index (χ3n) is 3.90. The predicted octanol–water partition coefficient (Wildman–Crippen LogP) is 2.29. The van der Waals surface area contributed by atoms with Crippen LogP contribution in [0.3, 0.4) is 0 Å². The fourth-order valence-corrected chi connectivity index (χ4v) is 2.83. The van der Waals surface area contributed by atoms with Crippen LogP contribution in [0, 0.1) is 0 Å². The molecule has 0 unspecified atom stereocenters. The first kappa shape index (κ1) is 11.3. The van der Waals surface area contributed by atoms with Crippen LogP contribution in [0.4, 0.5) is 0 Å². The summed E-state index contributed by atoms with van der Waals surface area (Å²) in [6.45, 7) is 3.38. The van der Waals surface area contributed by atoms with Crippen molar-refractivity contribution in [2.24, 2.45) is 0 Å². The van der Waals surface area contributed by atoms with Gasteiger partial charge < -0.3 is 9.88 Å². The number of hydrogen-bond acceptors (Lipinski definition) is 2. The van der Waals surface area contributed by atoms with Crippen LogP contribution in [0.25, 0.3) is 10.9 Å². The van der Waals surface area contributed by atoms with Gasteiger partial charge in [0.25, 0.3) is 0 Å². The Labute approximate surface area is 106 Å². The molecule has 0 aliphatic carbocycles. The van der Waals surface area contributed by atoms with E-state index < -0.39 is 0 Å². The fourth-order valence-electron chi connectivity index (χ4n) is 2.83. The largest absolute Gasteiger partial charge is 0.361 e. The van der Waals surface area contributed by atoms with E-state index >= 15 is 0 Å². The SMILES string of the molecule is CC(=O)N1CCC(c2c[nH]c3ccncc23)CC1. The van der Waals surface area contributed by atoms with Crippen molar-refractivity contribution >= 4 is 16.8 Å². The quantitative estimate of drug-likeness (QED) is 0.835. The highest BCUT2D eigenvalue weighted by Crippen LogP contribution is 2.32. The van der Waals surface area contributed by atoms with E-state index in [1.165, 1.54) is 10.9 Å². The first-order chi connectivity index (χ1) is 8.75. The van der Waals surface area contributed by atoms with Gasteiger partial charge in [-0.3, -0.25) is 9.78 Å². The van der Waals surface area contributed by atoms with Crippen LogP contribution in [-0.4, -0.2) is 33.9 Å². The lowest BCUT2D eigenvalue weighted by atomic mass is 9.89. The first-order valence-corrected chi connectivity index (χ1v) is 6.42. The van der Waals surface area contributed by atoms with E-state index in [0.29, 0.717) is 5.92 Å². The number of carbonyl (C=O) groups is 1. The van der Waals surface area contributed by atoms with Crippen LogP contribution < -0.4 is 0 Å². The number of pyridine rings is 1. The van der Waals surface area contributed by atoms with Crippen molar-refractivity contribution in [1.29, 1.82) is 0 Å². The smallest absolute Gasteiger partial charge is 0.219 e. The number of rotatable bonds is 1. The van der Waals surface area contributed by atoms with E-state index in [9.17, 15) is 4.79 Å². The molecule has 3 rings (SSSR count). The zero-order valence-corrected chi connectivity index (χ0v) is 10.5. The highest BCUT2D eigenvalue weighted by atomic mass is 16.2. The number of likely N-dealkylation sites (tertiary alicyclic amines) is 1. The normalized spacial score (nSPS) is 17.3. The molecule has 0 aromatic carbocycles. The van der Waals surface area contributed by atoms with E-state index in [2.05, 4.69) is 16.2 Å². The molecule has 1 amide bonds. The Kier molecular flexibility index (Phi) is 2.78. The molecule has 0 saturated carbocycles. The number of amides is 1. The first-order valence-electron chi connectivity index (χ1n) is 6.42. The number of H-pyrrole nitrogens is 1. The molecule has 3 heterocycles. The Morgan fingerprint density at radius 2 is 2.22 bits per heavy atom. The molecule has 1 fully saturated rings. The minimum atomic E-state index is 0.189. The van der Waals surface area contributed by atoms with E-state index in [0.717, 1.165) is 31.4 Å². The number of hydrogen-bond donors (Lipinski definition) is 1. The van der Waals surface area contributed by atoms with Gasteiger partial charge in [0.2, 0.25) is 5.91 Å². The third-order valence-corrected chi connectivity index (χ3v) is 3.90. The summed E-state index contributed by atoms with van der Waals surface area (Å²) in [5, 5.41) is 1.22. The Morgan fingerprint density at radius 3 is 2.94 bits per heavy atom. The van der Waals surface area contributed by atoms with Crippen LogP contribution in [0.2, 0.25) is 0 Å². The van der Waals surface area contributed by atoms with Gasteiger partial charge in [0.05, 0.1) is 0 Å². The second kappa shape index (κ2) is 4.44. The van der Waals surface area contributed by atoms with Crippen molar-refractivity contribution in [3.63, 3.8) is 0 Å². The molecule has 2 aromatic rings. The molecule has 4 heteroatoms. The summed E-state index contributed by atoms with van der Waals surface area (Å²) >= 11 is 0. The van der Waals surface area contributed by atoms with Crippen LogP contribution >= 0.6 is 0 Å². The molecule has 0 radical (unpaired) electrons. The number of fused-ring (bicyclic) bond motifs is 1. The van der Waals surface area contributed by atoms with E-state index in [4.69, 9.17) is 0 Å². The molecule has 94 valence electrons. The lowest BCUT2D eigenvalue weighted by Gasteiger charge is -2.31. The predicted molar refractivity (Wildman–Crippen MR) is 70.3 cm³/mol. The molecule has 1 aliphatic rings. The number of carbonyl (C=O) groups excluding carboxylic acids is 1. The molecule has 1 saturated heterocycles. The minimum absolute atomic E-state index is 0.189. The maximum atomic E-state index is 11.3. The molecular weight excluding hydrogens is 226 g/mol. The van der Waals surface area contributed by atoms with Gasteiger partial charge in [-0.25, -0.2) is 0 Å². The van der Waals surface area contributed by atoms with Gasteiger partial charge in [0.15, 0.2) is 0 Å². The molecule has 2 aromatic heterocycles. The summed E-state index contributed by atoms with van der Waals surface area (Å²) in [4.78, 5) is 20.7. The summed E-state index contributed by atoms with van der Waals surface area (Å²) in [7, 11) is 0. The Morgan fingerprint density at radius 1 is 1.44 bits per heavy atom. The highest BCUT2D eigenvalue weighted by Gasteiger charge is 2.23. The molecule has 4 nitrogen and oxygen atoms in total. The van der Waals surface area contributed by atoms with Crippen molar-refractivity contribution in [3.05, 3.63) is 30.2 Å². The van der Waals surface area contributed by atoms with Crippen LogP contribution in [0.1, 0.15) is 31.2 Å². The molecular formula is C14H17N3O. The van der Waals surface area contributed by atoms with Crippen molar-refractivity contribution < 1.29 is 4.79 Å². The summed E-state index contributed by atoms with van der Waals surface area (Å²) in [5.74, 6) is 0.729. The van der Waals surface area contributed by atoms with E-state index in [-0.39, 0.29) is 5.91 Å². The number of nitrogens with zero attached hydrogens (tertiary/aromatic N) is 2. The third kappa shape index (κ3) is 1.88. The minimum Gasteiger partial charge on any atom is -0.361 e. The molecule has 0 atom stereocenters. The fraction of sp³-hybridized carbons (Fsp3) is 0.429. The second-order valence-corrected chi connectivity index (χ2v) is 4.95. The summed E-state index contributed by atoms with van der Waals surface area (Å²) in [6.07, 6.45) is 7.92. The van der Waals surface area contributed by atoms with Gasteiger partial charge in [0.1, 0.15) is 0 Å². The van der Waals surface area contributed by atoms with Gasteiger partial charge >= 0.3 is 0 Å². The highest BCUT2D eigenvalue weighted by molar-refractivity contribution is 5.82. The van der Waals surface area contributed by atoms with E-state index in [1.807, 2.05) is 17.2 Å². The van der Waals surface area contributed by atoms with Gasteiger partial charge in [-0.2, -0.15) is 0 Å². The number of nitrogens with one attached hydrogen (secondary N) is 1. The van der Waals surface area contributed by atoms with E-state index in [1.54, 1.807) is 13.1 Å². The Bertz CT molecular complexity index is 567. The lowest BCUT2D eigenvalue weighted by Crippen LogP contribution is -2.36. The number of piperidine rings is 1. The molecule has 1 aliphatic heterocycles. The molecule has 0 bridgehead atoms. The molecule has 18 heavy (non-hydrogen) atoms. The second-order valence-electron chi connectivity index (χ2n) is 4.95. The summed E-state index contributed by atoms with van der Waals surface area (Å²) in [6, 6.07) is 2.00. The van der Waals surface area contributed by atoms with Crippen LogP contribution in [0.5, 0.6) is 0 Å².